The topological polar surface area (TPSA) is 15.7 Å². The van der Waals surface area contributed by atoms with Crippen LogP contribution in [0.25, 0.3) is 22.3 Å². The van der Waals surface area contributed by atoms with Crippen molar-refractivity contribution < 1.29 is 4.74 Å². The summed E-state index contributed by atoms with van der Waals surface area (Å²) >= 11 is 0. The molecule has 2 aliphatic heterocycles. The normalized spacial score (nSPS) is 12.7. The Hall–Kier alpha value is -5.28. The summed E-state index contributed by atoms with van der Waals surface area (Å²) in [6, 6.07) is 51.3. The highest BCUT2D eigenvalue weighted by Crippen LogP contribution is 2.61. The number of anilines is 6. The number of ether oxygens (including phenoxy) is 1. The maximum Gasteiger partial charge on any atom is 0.153 e. The Labute approximate surface area is 227 Å². The molecule has 39 heavy (non-hydrogen) atoms. The van der Waals surface area contributed by atoms with Crippen LogP contribution in [0.1, 0.15) is 0 Å². The third kappa shape index (κ3) is 3.44. The van der Waals surface area contributed by atoms with Crippen LogP contribution in [0, 0.1) is 0 Å². The van der Waals surface area contributed by atoms with Crippen LogP contribution in [0.4, 0.5) is 34.1 Å². The van der Waals surface area contributed by atoms with Gasteiger partial charge in [-0.3, -0.25) is 4.90 Å². The summed E-state index contributed by atoms with van der Waals surface area (Å²) < 4.78 is 6.44. The number of rotatable bonds is 3. The summed E-state index contributed by atoms with van der Waals surface area (Å²) in [5, 5.41) is 0. The van der Waals surface area contributed by atoms with Crippen molar-refractivity contribution in [2.24, 2.45) is 0 Å². The SMILES string of the molecule is c1ccc(-c2cc(-c3ccccc3)cc(N3c4ccccc4N4c5ccccc5Oc5cccc3c54)c2)cc1. The fourth-order valence-corrected chi connectivity index (χ4v) is 5.80. The number of benzene rings is 6. The van der Waals surface area contributed by atoms with E-state index in [0.29, 0.717) is 0 Å². The van der Waals surface area contributed by atoms with Crippen molar-refractivity contribution in [2.45, 2.75) is 0 Å². The van der Waals surface area contributed by atoms with Gasteiger partial charge in [-0.2, -0.15) is 0 Å². The van der Waals surface area contributed by atoms with Gasteiger partial charge < -0.3 is 9.64 Å². The average molecular weight is 501 g/mol. The summed E-state index contributed by atoms with van der Waals surface area (Å²) in [6.45, 7) is 0. The first-order valence-corrected chi connectivity index (χ1v) is 13.2. The monoisotopic (exact) mass is 500 g/mol. The Kier molecular flexibility index (Phi) is 4.82. The van der Waals surface area contributed by atoms with Gasteiger partial charge in [-0.05, 0) is 76.9 Å². The highest BCUT2D eigenvalue weighted by Gasteiger charge is 2.36. The molecule has 0 unspecified atom stereocenters. The highest BCUT2D eigenvalue weighted by atomic mass is 16.5. The molecule has 6 aromatic carbocycles. The molecule has 0 saturated carbocycles. The maximum absolute atomic E-state index is 6.44. The van der Waals surface area contributed by atoms with Crippen LogP contribution in [0.2, 0.25) is 0 Å². The molecule has 0 radical (unpaired) electrons. The number of nitrogens with zero attached hydrogens (tertiary/aromatic N) is 2. The lowest BCUT2D eigenvalue weighted by molar-refractivity contribution is 0.477. The van der Waals surface area contributed by atoms with E-state index in [0.717, 1.165) is 45.6 Å². The quantitative estimate of drug-likeness (QED) is 0.240. The average Bonchev–Trinajstić information content (AvgIpc) is 3.01. The van der Waals surface area contributed by atoms with Gasteiger partial charge in [0.1, 0.15) is 5.69 Å². The zero-order valence-corrected chi connectivity index (χ0v) is 21.2. The lowest BCUT2D eigenvalue weighted by Crippen LogP contribution is -2.26. The summed E-state index contributed by atoms with van der Waals surface area (Å²) in [5.41, 5.74) is 11.3. The van der Waals surface area contributed by atoms with E-state index in [-0.39, 0.29) is 0 Å². The number of fused-ring (bicyclic) bond motifs is 4. The summed E-state index contributed by atoms with van der Waals surface area (Å²) in [6.07, 6.45) is 0. The smallest absolute Gasteiger partial charge is 0.153 e. The van der Waals surface area contributed by atoms with Crippen LogP contribution in [-0.2, 0) is 0 Å². The van der Waals surface area contributed by atoms with Crippen molar-refractivity contribution in [3.63, 3.8) is 0 Å². The molecule has 0 aliphatic carbocycles. The number of hydrogen-bond donors (Lipinski definition) is 0. The second-order valence-corrected chi connectivity index (χ2v) is 9.85. The molecule has 0 fully saturated rings. The molecule has 0 spiro atoms. The van der Waals surface area contributed by atoms with Gasteiger partial charge in [0, 0.05) is 5.69 Å². The predicted molar refractivity (Wildman–Crippen MR) is 160 cm³/mol. The van der Waals surface area contributed by atoms with Gasteiger partial charge >= 0.3 is 0 Å². The maximum atomic E-state index is 6.44. The van der Waals surface area contributed by atoms with E-state index in [1.165, 1.54) is 22.3 Å². The van der Waals surface area contributed by atoms with E-state index in [1.54, 1.807) is 0 Å². The molecule has 2 heterocycles. The van der Waals surface area contributed by atoms with Crippen molar-refractivity contribution in [2.75, 3.05) is 9.80 Å². The summed E-state index contributed by atoms with van der Waals surface area (Å²) in [4.78, 5) is 4.72. The van der Waals surface area contributed by atoms with Crippen molar-refractivity contribution in [1.29, 1.82) is 0 Å². The molecule has 0 aromatic heterocycles. The van der Waals surface area contributed by atoms with Crippen LogP contribution in [0.15, 0.2) is 146 Å². The molecule has 3 heteroatoms. The van der Waals surface area contributed by atoms with Crippen LogP contribution in [0.5, 0.6) is 11.5 Å². The van der Waals surface area contributed by atoms with Crippen LogP contribution >= 0.6 is 0 Å². The molecule has 0 bridgehead atoms. The fraction of sp³-hybridized carbons (Fsp3) is 0. The molecule has 184 valence electrons. The first kappa shape index (κ1) is 21.8. The number of para-hydroxylation sites is 5. The number of hydrogen-bond acceptors (Lipinski definition) is 3. The Morgan fingerprint density at radius 2 is 0.872 bits per heavy atom. The summed E-state index contributed by atoms with van der Waals surface area (Å²) in [7, 11) is 0. The summed E-state index contributed by atoms with van der Waals surface area (Å²) in [5.74, 6) is 1.72. The van der Waals surface area contributed by atoms with E-state index in [2.05, 4.69) is 143 Å². The van der Waals surface area contributed by atoms with Gasteiger partial charge in [-0.1, -0.05) is 91.0 Å². The lowest BCUT2D eigenvalue weighted by Gasteiger charge is -2.43. The first-order valence-electron chi connectivity index (χ1n) is 13.2. The van der Waals surface area contributed by atoms with Crippen LogP contribution in [0.3, 0.4) is 0 Å². The van der Waals surface area contributed by atoms with E-state index >= 15 is 0 Å². The Balaban J connectivity index is 1.40. The van der Waals surface area contributed by atoms with Gasteiger partial charge in [-0.15, -0.1) is 0 Å². The second-order valence-electron chi connectivity index (χ2n) is 9.85. The zero-order chi connectivity index (χ0) is 25.8. The molecule has 0 saturated heterocycles. The standard InChI is InChI=1S/C36H24N2O/c1-3-12-25(13-4-1)27-22-28(26-14-5-2-6-15-26)24-29(23-27)37-30-16-7-8-17-31(30)38-32-18-9-10-20-34(32)39-35-21-11-19-33(37)36(35)38/h1-24H. The van der Waals surface area contributed by atoms with Crippen LogP contribution in [-0.4, -0.2) is 0 Å². The van der Waals surface area contributed by atoms with Crippen molar-refractivity contribution in [1.82, 2.24) is 0 Å². The lowest BCUT2D eigenvalue weighted by atomic mass is 9.96. The Bertz CT molecular complexity index is 1790. The van der Waals surface area contributed by atoms with E-state index in [9.17, 15) is 0 Å². The molecule has 0 atom stereocenters. The molecule has 0 N–H and O–H groups in total. The van der Waals surface area contributed by atoms with Crippen LogP contribution < -0.4 is 14.5 Å². The second kappa shape index (κ2) is 8.64. The largest absolute Gasteiger partial charge is 0.453 e. The Morgan fingerprint density at radius 1 is 0.359 bits per heavy atom. The first-order chi connectivity index (χ1) is 19.3. The molecular weight excluding hydrogens is 476 g/mol. The van der Waals surface area contributed by atoms with Gasteiger partial charge in [0.15, 0.2) is 11.5 Å². The van der Waals surface area contributed by atoms with Crippen molar-refractivity contribution in [3.05, 3.63) is 146 Å². The zero-order valence-electron chi connectivity index (χ0n) is 21.2. The molecular formula is C36H24N2O. The molecule has 8 rings (SSSR count). The van der Waals surface area contributed by atoms with Gasteiger partial charge in [0.2, 0.25) is 0 Å². The molecule has 3 nitrogen and oxygen atoms in total. The van der Waals surface area contributed by atoms with Gasteiger partial charge in [-0.25, -0.2) is 0 Å². The third-order valence-corrected chi connectivity index (χ3v) is 7.52. The van der Waals surface area contributed by atoms with Gasteiger partial charge in [0.25, 0.3) is 0 Å². The molecule has 2 aliphatic rings. The predicted octanol–water partition coefficient (Wildman–Crippen LogP) is 10.4. The van der Waals surface area contributed by atoms with Crippen molar-refractivity contribution >= 4 is 34.1 Å². The van der Waals surface area contributed by atoms with E-state index in [4.69, 9.17) is 4.74 Å². The highest BCUT2D eigenvalue weighted by molar-refractivity contribution is 6.05. The van der Waals surface area contributed by atoms with E-state index < -0.39 is 0 Å². The van der Waals surface area contributed by atoms with E-state index in [1.807, 2.05) is 12.1 Å². The minimum atomic E-state index is 0.855. The molecule has 6 aromatic rings. The van der Waals surface area contributed by atoms with Crippen molar-refractivity contribution in [3.8, 4) is 33.8 Å². The Morgan fingerprint density at radius 3 is 1.54 bits per heavy atom. The minimum Gasteiger partial charge on any atom is -0.453 e. The third-order valence-electron chi connectivity index (χ3n) is 7.52. The minimum absolute atomic E-state index is 0.855. The van der Waals surface area contributed by atoms with Gasteiger partial charge in [0.05, 0.1) is 22.7 Å². The fourth-order valence-electron chi connectivity index (χ4n) is 5.80. The molecule has 0 amide bonds.